The third-order valence-corrected chi connectivity index (χ3v) is 3.47. The van der Waals surface area contributed by atoms with Gasteiger partial charge in [-0.15, -0.1) is 0 Å². The molecule has 20 heavy (non-hydrogen) atoms. The summed E-state index contributed by atoms with van der Waals surface area (Å²) in [4.78, 5) is 6.54. The zero-order chi connectivity index (χ0) is 15.4. The average Bonchev–Trinajstić information content (AvgIpc) is 2.75. The SMILES string of the molecule is CN1CCCC1c1cccnc1.O=S(=O)(O)C(F)(F)F. The van der Waals surface area contributed by atoms with Gasteiger partial charge in [-0.05, 0) is 38.1 Å². The van der Waals surface area contributed by atoms with Crippen molar-refractivity contribution >= 4 is 10.1 Å². The Labute approximate surface area is 115 Å². The topological polar surface area (TPSA) is 70.5 Å². The number of likely N-dealkylation sites (tertiary alicyclic amines) is 1. The zero-order valence-corrected chi connectivity index (χ0v) is 11.5. The summed E-state index contributed by atoms with van der Waals surface area (Å²) in [6.45, 7) is 1.22. The first-order chi connectivity index (χ1) is 9.13. The van der Waals surface area contributed by atoms with Gasteiger partial charge in [0.05, 0.1) is 0 Å². The fourth-order valence-electron chi connectivity index (χ4n) is 1.90. The van der Waals surface area contributed by atoms with Crippen LogP contribution in [0, 0.1) is 0 Å². The third-order valence-electron chi connectivity index (χ3n) is 2.88. The van der Waals surface area contributed by atoms with Gasteiger partial charge in [0.25, 0.3) is 0 Å². The molecule has 1 aromatic heterocycles. The van der Waals surface area contributed by atoms with Crippen molar-refractivity contribution in [3.05, 3.63) is 30.1 Å². The molecule has 0 radical (unpaired) electrons. The third kappa shape index (κ3) is 4.73. The van der Waals surface area contributed by atoms with Crippen LogP contribution in [-0.4, -0.2) is 42.0 Å². The van der Waals surface area contributed by atoms with E-state index in [4.69, 9.17) is 13.0 Å². The van der Waals surface area contributed by atoms with Crippen molar-refractivity contribution in [3.8, 4) is 0 Å². The Morgan fingerprint density at radius 2 is 2.05 bits per heavy atom. The summed E-state index contributed by atoms with van der Waals surface area (Å²) >= 11 is 0. The zero-order valence-electron chi connectivity index (χ0n) is 10.7. The van der Waals surface area contributed by atoms with Gasteiger partial charge in [0.15, 0.2) is 0 Å². The Bertz CT molecular complexity index is 519. The number of alkyl halides is 3. The van der Waals surface area contributed by atoms with Crippen molar-refractivity contribution < 1.29 is 26.1 Å². The lowest BCUT2D eigenvalue weighted by molar-refractivity contribution is -0.0510. The van der Waals surface area contributed by atoms with E-state index >= 15 is 0 Å². The Morgan fingerprint density at radius 1 is 1.45 bits per heavy atom. The van der Waals surface area contributed by atoms with E-state index in [1.54, 1.807) is 0 Å². The van der Waals surface area contributed by atoms with Gasteiger partial charge in [-0.1, -0.05) is 6.07 Å². The maximum absolute atomic E-state index is 10.7. The molecule has 1 aliphatic heterocycles. The predicted molar refractivity (Wildman–Crippen MR) is 66.4 cm³/mol. The first kappa shape index (κ1) is 16.9. The largest absolute Gasteiger partial charge is 0.522 e. The van der Waals surface area contributed by atoms with Crippen molar-refractivity contribution in [1.82, 2.24) is 9.88 Å². The first-order valence-corrected chi connectivity index (χ1v) is 7.21. The summed E-state index contributed by atoms with van der Waals surface area (Å²) < 4.78 is 57.5. The highest BCUT2D eigenvalue weighted by Gasteiger charge is 2.44. The normalized spacial score (nSPS) is 20.4. The molecule has 1 atom stereocenters. The predicted octanol–water partition coefficient (Wildman–Crippen LogP) is 2.24. The van der Waals surface area contributed by atoms with Crippen molar-refractivity contribution in [2.45, 2.75) is 24.4 Å². The van der Waals surface area contributed by atoms with Crippen LogP contribution in [0.15, 0.2) is 24.5 Å². The molecule has 114 valence electrons. The Kier molecular flexibility index (Phi) is 5.49. The van der Waals surface area contributed by atoms with Gasteiger partial charge in [0.2, 0.25) is 0 Å². The number of rotatable bonds is 1. The molecule has 0 amide bonds. The molecule has 1 aliphatic rings. The number of nitrogens with zero attached hydrogens (tertiary/aromatic N) is 2. The van der Waals surface area contributed by atoms with Crippen molar-refractivity contribution in [2.75, 3.05) is 13.6 Å². The molecule has 1 saturated heterocycles. The van der Waals surface area contributed by atoms with Crippen LogP contribution in [0.3, 0.4) is 0 Å². The second-order valence-electron chi connectivity index (χ2n) is 4.35. The molecule has 0 bridgehead atoms. The van der Waals surface area contributed by atoms with Crippen molar-refractivity contribution in [3.63, 3.8) is 0 Å². The number of pyridine rings is 1. The summed E-state index contributed by atoms with van der Waals surface area (Å²) in [5.41, 5.74) is -4.18. The summed E-state index contributed by atoms with van der Waals surface area (Å²) in [6.07, 6.45) is 6.41. The van der Waals surface area contributed by atoms with Gasteiger partial charge in [0.1, 0.15) is 0 Å². The molecule has 5 nitrogen and oxygen atoms in total. The lowest BCUT2D eigenvalue weighted by atomic mass is 10.1. The van der Waals surface area contributed by atoms with Crippen LogP contribution in [0.25, 0.3) is 0 Å². The monoisotopic (exact) mass is 312 g/mol. The molecule has 1 fully saturated rings. The molecule has 9 heteroatoms. The van der Waals surface area contributed by atoms with Crippen LogP contribution in [0.2, 0.25) is 0 Å². The van der Waals surface area contributed by atoms with E-state index in [0.29, 0.717) is 6.04 Å². The van der Waals surface area contributed by atoms with Gasteiger partial charge >= 0.3 is 15.6 Å². The number of hydrogen-bond acceptors (Lipinski definition) is 4. The molecule has 0 aliphatic carbocycles. The van der Waals surface area contributed by atoms with Crippen molar-refractivity contribution in [1.29, 1.82) is 0 Å². The highest BCUT2D eigenvalue weighted by molar-refractivity contribution is 7.86. The second-order valence-corrected chi connectivity index (χ2v) is 5.76. The lowest BCUT2D eigenvalue weighted by Gasteiger charge is -2.18. The van der Waals surface area contributed by atoms with E-state index in [1.165, 1.54) is 24.9 Å². The van der Waals surface area contributed by atoms with E-state index in [1.807, 2.05) is 18.5 Å². The summed E-state index contributed by atoms with van der Waals surface area (Å²) in [5, 5.41) is 0. The molecule has 0 spiro atoms. The Morgan fingerprint density at radius 3 is 2.40 bits per heavy atom. The number of aromatic nitrogens is 1. The molecule has 1 unspecified atom stereocenters. The van der Waals surface area contributed by atoms with Crippen LogP contribution in [0.4, 0.5) is 13.2 Å². The van der Waals surface area contributed by atoms with Crippen LogP contribution in [0.5, 0.6) is 0 Å². The minimum atomic E-state index is -5.84. The first-order valence-electron chi connectivity index (χ1n) is 5.77. The van der Waals surface area contributed by atoms with Gasteiger partial charge in [-0.3, -0.25) is 14.4 Å². The number of hydrogen-bond donors (Lipinski definition) is 1. The quantitative estimate of drug-likeness (QED) is 0.636. The highest BCUT2D eigenvalue weighted by Crippen LogP contribution is 2.29. The van der Waals surface area contributed by atoms with Crippen molar-refractivity contribution in [2.24, 2.45) is 0 Å². The molecule has 2 heterocycles. The average molecular weight is 312 g/mol. The van der Waals surface area contributed by atoms with Gasteiger partial charge < -0.3 is 0 Å². The number of halogens is 3. The van der Waals surface area contributed by atoms with E-state index < -0.39 is 15.6 Å². The Hall–Kier alpha value is -1.19. The smallest absolute Gasteiger partial charge is 0.299 e. The lowest BCUT2D eigenvalue weighted by Crippen LogP contribution is -2.21. The van der Waals surface area contributed by atoms with Gasteiger partial charge in [-0.2, -0.15) is 21.6 Å². The fourth-order valence-corrected chi connectivity index (χ4v) is 1.90. The standard InChI is InChI=1S/C10H14N2.CHF3O3S/c1-12-7-3-5-10(12)9-4-2-6-11-8-9;2-1(3,4)8(5,6)7/h2,4,6,8,10H,3,5,7H2,1H3;(H,5,6,7). The van der Waals surface area contributed by atoms with E-state index in [-0.39, 0.29) is 0 Å². The van der Waals surface area contributed by atoms with E-state index in [0.717, 1.165) is 0 Å². The van der Waals surface area contributed by atoms with E-state index in [9.17, 15) is 13.2 Å². The Balaban J connectivity index is 0.000000221. The molecule has 1 aromatic rings. The molecule has 1 N–H and O–H groups in total. The maximum atomic E-state index is 10.7. The minimum Gasteiger partial charge on any atom is -0.299 e. The van der Waals surface area contributed by atoms with Crippen LogP contribution >= 0.6 is 0 Å². The maximum Gasteiger partial charge on any atom is 0.522 e. The highest BCUT2D eigenvalue weighted by atomic mass is 32.2. The van der Waals surface area contributed by atoms with E-state index in [2.05, 4.69) is 23.0 Å². The second kappa shape index (κ2) is 6.51. The molecular weight excluding hydrogens is 297 g/mol. The fraction of sp³-hybridized carbons (Fsp3) is 0.545. The van der Waals surface area contributed by atoms with Crippen LogP contribution in [-0.2, 0) is 10.1 Å². The molecule has 0 saturated carbocycles. The van der Waals surface area contributed by atoms with Crippen LogP contribution in [0.1, 0.15) is 24.4 Å². The summed E-state index contributed by atoms with van der Waals surface area (Å²) in [7, 11) is -3.66. The van der Waals surface area contributed by atoms with Gasteiger partial charge in [0, 0.05) is 18.4 Å². The summed E-state index contributed by atoms with van der Waals surface area (Å²) in [5.74, 6) is 0. The van der Waals surface area contributed by atoms with Crippen LogP contribution < -0.4 is 0 Å². The molecule has 0 aromatic carbocycles. The molecular formula is C11H15F3N2O3S. The molecule has 2 rings (SSSR count). The minimum absolute atomic E-state index is 0.610. The summed E-state index contributed by atoms with van der Waals surface area (Å²) in [6, 6.07) is 4.79. The van der Waals surface area contributed by atoms with Gasteiger partial charge in [-0.25, -0.2) is 0 Å².